The minimum atomic E-state index is -0.975. The van der Waals surface area contributed by atoms with Gasteiger partial charge in [0.05, 0.1) is 22.9 Å². The second-order valence-electron chi connectivity index (χ2n) is 10.1. The SMILES string of the molecule is CC1C(Nc2ncc3nc(Nc4c(F)cc(F)cc4Cl)n(C4CCC(C(N)=O)CC4)c3n2)CCCN1C(=O)O. The molecule has 2 aromatic heterocycles. The van der Waals surface area contributed by atoms with Crippen LogP contribution in [0.4, 0.5) is 31.2 Å². The van der Waals surface area contributed by atoms with E-state index < -0.39 is 17.7 Å². The van der Waals surface area contributed by atoms with Gasteiger partial charge in [-0.25, -0.2) is 23.5 Å². The van der Waals surface area contributed by atoms with E-state index in [-0.39, 0.29) is 46.6 Å². The lowest BCUT2D eigenvalue weighted by atomic mass is 9.85. The quantitative estimate of drug-likeness (QED) is 0.338. The fourth-order valence-electron chi connectivity index (χ4n) is 5.56. The van der Waals surface area contributed by atoms with E-state index in [0.717, 1.165) is 18.6 Å². The lowest BCUT2D eigenvalue weighted by Gasteiger charge is -2.37. The third kappa shape index (κ3) is 5.40. The fourth-order valence-corrected chi connectivity index (χ4v) is 5.80. The highest BCUT2D eigenvalue weighted by atomic mass is 35.5. The van der Waals surface area contributed by atoms with Crippen molar-refractivity contribution in [2.45, 2.75) is 63.6 Å². The molecule has 1 aromatic carbocycles. The van der Waals surface area contributed by atoms with E-state index in [1.807, 2.05) is 11.5 Å². The van der Waals surface area contributed by atoms with Gasteiger partial charge in [0.2, 0.25) is 17.8 Å². The predicted molar refractivity (Wildman–Crippen MR) is 141 cm³/mol. The number of carbonyl (C=O) groups is 2. The number of anilines is 3. The van der Waals surface area contributed by atoms with Crippen LogP contribution < -0.4 is 16.4 Å². The molecule has 1 saturated carbocycles. The normalized spacial score (nSPS) is 23.5. The molecule has 2 unspecified atom stereocenters. The zero-order valence-corrected chi connectivity index (χ0v) is 22.0. The molecule has 2 amide bonds. The molecule has 0 bridgehead atoms. The van der Waals surface area contributed by atoms with E-state index in [9.17, 15) is 23.5 Å². The van der Waals surface area contributed by atoms with Gasteiger partial charge < -0.3 is 26.4 Å². The summed E-state index contributed by atoms with van der Waals surface area (Å²) < 4.78 is 30.1. The Morgan fingerprint density at radius 1 is 1.15 bits per heavy atom. The van der Waals surface area contributed by atoms with Gasteiger partial charge in [0.1, 0.15) is 11.3 Å². The smallest absolute Gasteiger partial charge is 0.407 e. The largest absolute Gasteiger partial charge is 0.465 e. The van der Waals surface area contributed by atoms with Gasteiger partial charge in [0, 0.05) is 30.6 Å². The molecule has 3 aromatic rings. The fraction of sp³-hybridized carbons (Fsp3) is 0.480. The lowest BCUT2D eigenvalue weighted by molar-refractivity contribution is -0.122. The van der Waals surface area contributed by atoms with Crippen LogP contribution in [-0.2, 0) is 4.79 Å². The van der Waals surface area contributed by atoms with Crippen molar-refractivity contribution in [1.82, 2.24) is 24.4 Å². The monoisotopic (exact) mass is 562 g/mol. The van der Waals surface area contributed by atoms with E-state index >= 15 is 0 Å². The Hall–Kier alpha value is -3.74. The number of rotatable bonds is 6. The number of hydrogen-bond donors (Lipinski definition) is 4. The van der Waals surface area contributed by atoms with Crippen LogP contribution in [0.1, 0.15) is 51.5 Å². The number of aromatic nitrogens is 4. The van der Waals surface area contributed by atoms with E-state index in [2.05, 4.69) is 20.6 Å². The molecule has 39 heavy (non-hydrogen) atoms. The van der Waals surface area contributed by atoms with Gasteiger partial charge in [-0.05, 0) is 51.5 Å². The molecular weight excluding hydrogens is 534 g/mol. The maximum Gasteiger partial charge on any atom is 0.407 e. The number of carboxylic acid groups (broad SMARTS) is 1. The summed E-state index contributed by atoms with van der Waals surface area (Å²) in [7, 11) is 0. The number of nitrogens with one attached hydrogen (secondary N) is 2. The first-order valence-electron chi connectivity index (χ1n) is 12.8. The van der Waals surface area contributed by atoms with Crippen molar-refractivity contribution in [3.8, 4) is 0 Å². The lowest BCUT2D eigenvalue weighted by Crippen LogP contribution is -2.51. The van der Waals surface area contributed by atoms with Gasteiger partial charge >= 0.3 is 6.09 Å². The molecule has 2 aliphatic rings. The zero-order chi connectivity index (χ0) is 27.8. The maximum atomic E-state index is 14.7. The van der Waals surface area contributed by atoms with Crippen molar-refractivity contribution in [2.75, 3.05) is 17.2 Å². The number of carbonyl (C=O) groups excluding carboxylic acids is 1. The van der Waals surface area contributed by atoms with Crippen LogP contribution in [0.25, 0.3) is 11.2 Å². The zero-order valence-electron chi connectivity index (χ0n) is 21.2. The Balaban J connectivity index is 1.51. The summed E-state index contributed by atoms with van der Waals surface area (Å²) in [5.74, 6) is -1.70. The molecular formula is C25H29ClF2N8O3. The van der Waals surface area contributed by atoms with Crippen LogP contribution in [0.2, 0.25) is 5.02 Å². The second kappa shape index (κ2) is 10.8. The van der Waals surface area contributed by atoms with Gasteiger partial charge in [-0.3, -0.25) is 9.36 Å². The number of imidazole rings is 1. The van der Waals surface area contributed by atoms with Crippen molar-refractivity contribution in [2.24, 2.45) is 11.7 Å². The first-order valence-corrected chi connectivity index (χ1v) is 13.2. The Bertz CT molecular complexity index is 1390. The van der Waals surface area contributed by atoms with Gasteiger partial charge in [0.15, 0.2) is 11.5 Å². The minimum absolute atomic E-state index is 0.128. The predicted octanol–water partition coefficient (Wildman–Crippen LogP) is 4.66. The number of fused-ring (bicyclic) bond motifs is 1. The number of likely N-dealkylation sites (tertiary alicyclic amines) is 1. The Labute approximate surface area is 227 Å². The summed E-state index contributed by atoms with van der Waals surface area (Å²) >= 11 is 6.14. The van der Waals surface area contributed by atoms with Crippen molar-refractivity contribution >= 4 is 52.3 Å². The number of piperidine rings is 1. The summed E-state index contributed by atoms with van der Waals surface area (Å²) in [4.78, 5) is 38.4. The Morgan fingerprint density at radius 2 is 1.90 bits per heavy atom. The van der Waals surface area contributed by atoms with Crippen LogP contribution in [0.15, 0.2) is 18.3 Å². The topological polar surface area (TPSA) is 151 Å². The molecule has 0 spiro atoms. The average Bonchev–Trinajstić information content (AvgIpc) is 3.24. The van der Waals surface area contributed by atoms with E-state index in [1.54, 1.807) is 0 Å². The van der Waals surface area contributed by atoms with Crippen molar-refractivity contribution in [3.05, 3.63) is 35.0 Å². The van der Waals surface area contributed by atoms with Gasteiger partial charge in [-0.1, -0.05) is 11.6 Å². The average molecular weight is 563 g/mol. The Kier molecular flexibility index (Phi) is 7.43. The van der Waals surface area contributed by atoms with Crippen LogP contribution in [0.3, 0.4) is 0 Å². The van der Waals surface area contributed by atoms with Crippen LogP contribution in [0, 0.1) is 17.6 Å². The summed E-state index contributed by atoms with van der Waals surface area (Å²) in [6.07, 6.45) is 4.37. The first-order chi connectivity index (χ1) is 18.6. The van der Waals surface area contributed by atoms with Gasteiger partial charge in [-0.2, -0.15) is 4.98 Å². The summed E-state index contributed by atoms with van der Waals surface area (Å²) in [6.45, 7) is 2.31. The molecule has 1 saturated heterocycles. The number of nitrogens with zero attached hydrogens (tertiary/aromatic N) is 5. The molecule has 14 heteroatoms. The summed E-state index contributed by atoms with van der Waals surface area (Å²) in [5.41, 5.74) is 6.29. The highest BCUT2D eigenvalue weighted by molar-refractivity contribution is 6.33. The summed E-state index contributed by atoms with van der Waals surface area (Å²) in [5, 5.41) is 15.5. The number of hydrogen-bond acceptors (Lipinski definition) is 7. The highest BCUT2D eigenvalue weighted by Crippen LogP contribution is 2.38. The molecule has 3 heterocycles. The Morgan fingerprint density at radius 3 is 2.56 bits per heavy atom. The maximum absolute atomic E-state index is 14.7. The van der Waals surface area contributed by atoms with Crippen LogP contribution >= 0.6 is 11.6 Å². The third-order valence-electron chi connectivity index (χ3n) is 7.69. The van der Waals surface area contributed by atoms with Crippen molar-refractivity contribution in [1.29, 1.82) is 0 Å². The number of halogens is 3. The van der Waals surface area contributed by atoms with Gasteiger partial charge in [0.25, 0.3) is 0 Å². The third-order valence-corrected chi connectivity index (χ3v) is 7.99. The minimum Gasteiger partial charge on any atom is -0.465 e. The summed E-state index contributed by atoms with van der Waals surface area (Å²) in [6, 6.07) is 1.11. The van der Waals surface area contributed by atoms with Crippen LogP contribution in [0.5, 0.6) is 0 Å². The molecule has 5 rings (SSSR count). The molecule has 2 atom stereocenters. The molecule has 1 aliphatic heterocycles. The highest BCUT2D eigenvalue weighted by Gasteiger charge is 2.32. The van der Waals surface area contributed by atoms with E-state index in [4.69, 9.17) is 22.3 Å². The standard InChI is InChI=1S/C25H29ClF2N8O3/c1-12-18(3-2-8-35(12)25(38)39)31-23-30-11-19-22(34-23)36(15-6-4-13(5-7-15)21(29)37)24(32-19)33-20-16(26)9-14(27)10-17(20)28/h9-13,15,18H,2-8H2,1H3,(H2,29,37)(H,32,33)(H,38,39)(H,30,31,34). The second-order valence-corrected chi connectivity index (χ2v) is 10.5. The molecule has 2 fully saturated rings. The molecule has 1 aliphatic carbocycles. The van der Waals surface area contributed by atoms with E-state index in [0.29, 0.717) is 55.8 Å². The van der Waals surface area contributed by atoms with E-state index in [1.165, 1.54) is 11.1 Å². The molecule has 5 N–H and O–H groups in total. The van der Waals surface area contributed by atoms with Gasteiger partial charge in [-0.15, -0.1) is 0 Å². The molecule has 208 valence electrons. The van der Waals surface area contributed by atoms with Crippen LogP contribution in [-0.4, -0.2) is 60.2 Å². The molecule has 0 radical (unpaired) electrons. The first kappa shape index (κ1) is 26.9. The number of primary amides is 1. The number of amides is 2. The van der Waals surface area contributed by atoms with Crippen molar-refractivity contribution < 1.29 is 23.5 Å². The molecule has 11 nitrogen and oxygen atoms in total. The van der Waals surface area contributed by atoms with Crippen molar-refractivity contribution in [3.63, 3.8) is 0 Å². The number of benzene rings is 1. The number of nitrogens with two attached hydrogens (primary N) is 1.